The van der Waals surface area contributed by atoms with Crippen LogP contribution in [0.4, 0.5) is 0 Å². The fourth-order valence-corrected chi connectivity index (χ4v) is 4.01. The number of hydrogen-bond donors (Lipinski definition) is 1. The van der Waals surface area contributed by atoms with Gasteiger partial charge in [-0.05, 0) is 25.0 Å². The van der Waals surface area contributed by atoms with Gasteiger partial charge in [-0.25, -0.2) is 0 Å². The van der Waals surface area contributed by atoms with Gasteiger partial charge < -0.3 is 14.5 Å². The van der Waals surface area contributed by atoms with Crippen LogP contribution in [0.3, 0.4) is 0 Å². The molecule has 2 atom stereocenters. The molecule has 0 spiro atoms. The van der Waals surface area contributed by atoms with Crippen LogP contribution in [0.15, 0.2) is 24.3 Å². The molecule has 2 aliphatic rings. The number of aryl methyl sites for hydroxylation is 2. The molecule has 4 rings (SSSR count). The number of likely N-dealkylation sites (N-methyl/N-ethyl adjacent to an activating group) is 1. The smallest absolute Gasteiger partial charge is 0.254 e. The van der Waals surface area contributed by atoms with Gasteiger partial charge in [-0.2, -0.15) is 5.10 Å². The van der Waals surface area contributed by atoms with Gasteiger partial charge in [-0.3, -0.25) is 14.7 Å². The topological polar surface area (TPSA) is 78.5 Å². The lowest BCUT2D eigenvalue weighted by molar-refractivity contribution is -0.168. The quantitative estimate of drug-likeness (QED) is 0.872. The van der Waals surface area contributed by atoms with Crippen LogP contribution >= 0.6 is 0 Å². The summed E-state index contributed by atoms with van der Waals surface area (Å²) in [7, 11) is 1.75. The maximum absolute atomic E-state index is 13.4. The molecule has 0 radical (unpaired) electrons. The van der Waals surface area contributed by atoms with Crippen molar-refractivity contribution in [2.45, 2.75) is 39.0 Å². The molecule has 2 amide bonds. The predicted octanol–water partition coefficient (Wildman–Crippen LogP) is 1.51. The molecular formula is C20H24N4O3. The number of aromatic nitrogens is 2. The van der Waals surface area contributed by atoms with Gasteiger partial charge in [0.15, 0.2) is 6.10 Å². The van der Waals surface area contributed by atoms with E-state index in [0.717, 1.165) is 34.5 Å². The number of carbonyl (C=O) groups is 2. The molecule has 0 unspecified atom stereocenters. The van der Waals surface area contributed by atoms with Crippen molar-refractivity contribution < 1.29 is 14.3 Å². The van der Waals surface area contributed by atoms with Crippen molar-refractivity contribution in [3.63, 3.8) is 0 Å². The molecule has 7 nitrogen and oxygen atoms in total. The number of hydrogen-bond acceptors (Lipinski definition) is 4. The normalized spacial score (nSPS) is 22.7. The number of nitrogens with zero attached hydrogens (tertiary/aromatic N) is 3. The Bertz CT molecular complexity index is 891. The van der Waals surface area contributed by atoms with Crippen LogP contribution in [0.1, 0.15) is 34.1 Å². The number of morpholine rings is 1. The summed E-state index contributed by atoms with van der Waals surface area (Å²) in [5.74, 6) is -0.187. The van der Waals surface area contributed by atoms with Crippen LogP contribution in [-0.2, 0) is 27.3 Å². The zero-order valence-electron chi connectivity index (χ0n) is 15.9. The lowest BCUT2D eigenvalue weighted by atomic mass is 9.93. The third-order valence-corrected chi connectivity index (χ3v) is 5.67. The summed E-state index contributed by atoms with van der Waals surface area (Å²) in [6.45, 7) is 5.02. The summed E-state index contributed by atoms with van der Waals surface area (Å²) >= 11 is 0. The third kappa shape index (κ3) is 3.02. The van der Waals surface area contributed by atoms with Crippen LogP contribution in [0.25, 0.3) is 0 Å². The van der Waals surface area contributed by atoms with E-state index in [4.69, 9.17) is 4.74 Å². The van der Waals surface area contributed by atoms with Gasteiger partial charge in [0.05, 0.1) is 11.7 Å². The van der Waals surface area contributed by atoms with Gasteiger partial charge in [0.2, 0.25) is 5.91 Å². The minimum Gasteiger partial charge on any atom is -0.356 e. The Morgan fingerprint density at radius 1 is 1.30 bits per heavy atom. The number of ether oxygens (including phenoxy) is 1. The Morgan fingerprint density at radius 3 is 2.85 bits per heavy atom. The lowest BCUT2D eigenvalue weighted by Gasteiger charge is -2.41. The average molecular weight is 368 g/mol. The summed E-state index contributed by atoms with van der Waals surface area (Å²) in [5.41, 5.74) is 5.10. The monoisotopic (exact) mass is 368 g/mol. The number of fused-ring (bicyclic) bond motifs is 1. The highest BCUT2D eigenvalue weighted by atomic mass is 16.5. The SMILES string of the molecule is Cc1ccccc1[C@@H]1[C@@H](C(=O)N2CCc3n[nH]c(C)c3C2)OCC(=O)N1C. The Labute approximate surface area is 158 Å². The second kappa shape index (κ2) is 6.81. The molecule has 2 aliphatic heterocycles. The van der Waals surface area contributed by atoms with E-state index in [1.165, 1.54) is 0 Å². The molecule has 0 saturated carbocycles. The van der Waals surface area contributed by atoms with E-state index < -0.39 is 12.1 Å². The predicted molar refractivity (Wildman–Crippen MR) is 98.9 cm³/mol. The number of rotatable bonds is 2. The van der Waals surface area contributed by atoms with Crippen LogP contribution < -0.4 is 0 Å². The molecule has 0 bridgehead atoms. The molecule has 27 heavy (non-hydrogen) atoms. The number of benzene rings is 1. The van der Waals surface area contributed by atoms with Crippen molar-refractivity contribution in [1.29, 1.82) is 0 Å². The van der Waals surface area contributed by atoms with Crippen molar-refractivity contribution in [1.82, 2.24) is 20.0 Å². The van der Waals surface area contributed by atoms with Gasteiger partial charge >= 0.3 is 0 Å². The molecule has 142 valence electrons. The number of nitrogens with one attached hydrogen (secondary N) is 1. The fraction of sp³-hybridized carbons (Fsp3) is 0.450. The molecule has 1 N–H and O–H groups in total. The van der Waals surface area contributed by atoms with Crippen molar-refractivity contribution in [3.8, 4) is 0 Å². The number of amides is 2. The molecule has 1 aromatic heterocycles. The van der Waals surface area contributed by atoms with Gasteiger partial charge in [0, 0.05) is 37.8 Å². The molecule has 2 aromatic rings. The zero-order valence-corrected chi connectivity index (χ0v) is 15.9. The van der Waals surface area contributed by atoms with Crippen LogP contribution in [-0.4, -0.2) is 58.1 Å². The minimum absolute atomic E-state index is 0.0703. The summed E-state index contributed by atoms with van der Waals surface area (Å²) in [5, 5.41) is 7.31. The number of H-pyrrole nitrogens is 1. The maximum atomic E-state index is 13.4. The fourth-order valence-electron chi connectivity index (χ4n) is 4.01. The molecule has 3 heterocycles. The van der Waals surface area contributed by atoms with E-state index >= 15 is 0 Å². The van der Waals surface area contributed by atoms with Gasteiger partial charge in [-0.15, -0.1) is 0 Å². The van der Waals surface area contributed by atoms with Crippen molar-refractivity contribution in [2.75, 3.05) is 20.2 Å². The Morgan fingerprint density at radius 2 is 2.07 bits per heavy atom. The van der Waals surface area contributed by atoms with Crippen molar-refractivity contribution in [2.24, 2.45) is 0 Å². The number of aromatic amines is 1. The highest BCUT2D eigenvalue weighted by molar-refractivity contribution is 5.86. The van der Waals surface area contributed by atoms with E-state index in [2.05, 4.69) is 10.2 Å². The Hall–Kier alpha value is -2.67. The molecule has 1 fully saturated rings. The first kappa shape index (κ1) is 17.7. The van der Waals surface area contributed by atoms with Gasteiger partial charge in [0.1, 0.15) is 6.61 Å². The summed E-state index contributed by atoms with van der Waals surface area (Å²) in [6, 6.07) is 7.42. The molecule has 0 aliphatic carbocycles. The molecule has 7 heteroatoms. The highest BCUT2D eigenvalue weighted by Gasteiger charge is 2.43. The highest BCUT2D eigenvalue weighted by Crippen LogP contribution is 2.33. The maximum Gasteiger partial charge on any atom is 0.254 e. The van der Waals surface area contributed by atoms with E-state index in [1.807, 2.05) is 43.0 Å². The first-order valence-corrected chi connectivity index (χ1v) is 9.21. The molecule has 1 saturated heterocycles. The van der Waals surface area contributed by atoms with E-state index in [-0.39, 0.29) is 18.4 Å². The van der Waals surface area contributed by atoms with E-state index in [9.17, 15) is 9.59 Å². The molecule has 1 aromatic carbocycles. The third-order valence-electron chi connectivity index (χ3n) is 5.67. The standard InChI is InChI=1S/C20H24N4O3/c1-12-6-4-5-7-14(12)18-19(27-11-17(25)23(18)3)20(26)24-9-8-16-15(10-24)13(2)21-22-16/h4-7,18-19H,8-11H2,1-3H3,(H,21,22)/t18-,19+/m1/s1. The largest absolute Gasteiger partial charge is 0.356 e. The van der Waals surface area contributed by atoms with Crippen molar-refractivity contribution in [3.05, 3.63) is 52.3 Å². The minimum atomic E-state index is -0.706. The van der Waals surface area contributed by atoms with Crippen LogP contribution in [0.2, 0.25) is 0 Å². The van der Waals surface area contributed by atoms with Gasteiger partial charge in [0.25, 0.3) is 5.91 Å². The lowest BCUT2D eigenvalue weighted by Crippen LogP contribution is -2.54. The first-order valence-electron chi connectivity index (χ1n) is 9.21. The molecular weight excluding hydrogens is 344 g/mol. The second-order valence-electron chi connectivity index (χ2n) is 7.32. The van der Waals surface area contributed by atoms with E-state index in [0.29, 0.717) is 13.1 Å². The Balaban J connectivity index is 1.64. The summed E-state index contributed by atoms with van der Waals surface area (Å²) in [6.07, 6.45) is 0.0182. The van der Waals surface area contributed by atoms with Crippen LogP contribution in [0, 0.1) is 13.8 Å². The van der Waals surface area contributed by atoms with Gasteiger partial charge in [-0.1, -0.05) is 24.3 Å². The summed E-state index contributed by atoms with van der Waals surface area (Å²) < 4.78 is 5.79. The van der Waals surface area contributed by atoms with Crippen molar-refractivity contribution >= 4 is 11.8 Å². The summed E-state index contributed by atoms with van der Waals surface area (Å²) in [4.78, 5) is 29.1. The first-order chi connectivity index (χ1) is 13.0. The number of carbonyl (C=O) groups excluding carboxylic acids is 2. The zero-order chi connectivity index (χ0) is 19.1. The second-order valence-corrected chi connectivity index (χ2v) is 7.32. The van der Waals surface area contributed by atoms with E-state index in [1.54, 1.807) is 11.9 Å². The van der Waals surface area contributed by atoms with Crippen LogP contribution in [0.5, 0.6) is 0 Å². The Kier molecular flexibility index (Phi) is 4.47. The average Bonchev–Trinajstić information content (AvgIpc) is 3.04.